The van der Waals surface area contributed by atoms with Crippen LogP contribution < -0.4 is 5.32 Å². The molecule has 0 spiro atoms. The molecule has 0 saturated carbocycles. The molecule has 0 atom stereocenters. The van der Waals surface area contributed by atoms with Crippen LogP contribution in [0.25, 0.3) is 0 Å². The standard InChI is InChI=1S/C18H29NO2/c1-6-17(2,3)12-13-19-18(4,5)16(20)21-14-15-10-8-7-9-11-15/h7-11,19H,6,12-14H2,1-5H3. The van der Waals surface area contributed by atoms with Crippen molar-refractivity contribution in [2.45, 2.75) is 59.6 Å². The topological polar surface area (TPSA) is 38.3 Å². The Bertz CT molecular complexity index is 438. The zero-order valence-corrected chi connectivity index (χ0v) is 14.0. The minimum atomic E-state index is -0.654. The largest absolute Gasteiger partial charge is 0.459 e. The monoisotopic (exact) mass is 291 g/mol. The maximum Gasteiger partial charge on any atom is 0.326 e. The Morgan fingerprint density at radius 1 is 1.14 bits per heavy atom. The van der Waals surface area contributed by atoms with Crippen LogP contribution in [0.1, 0.15) is 53.0 Å². The van der Waals surface area contributed by atoms with Crippen LogP contribution in [0.15, 0.2) is 30.3 Å². The van der Waals surface area contributed by atoms with Crippen molar-refractivity contribution >= 4 is 5.97 Å². The fourth-order valence-electron chi connectivity index (χ4n) is 1.87. The smallest absolute Gasteiger partial charge is 0.326 e. The van der Waals surface area contributed by atoms with Crippen molar-refractivity contribution in [3.63, 3.8) is 0 Å². The van der Waals surface area contributed by atoms with Gasteiger partial charge in [-0.3, -0.25) is 4.79 Å². The summed E-state index contributed by atoms with van der Waals surface area (Å²) in [6.07, 6.45) is 2.17. The third kappa shape index (κ3) is 6.30. The number of ether oxygens (including phenoxy) is 1. The first-order chi connectivity index (χ1) is 9.77. The van der Waals surface area contributed by atoms with Gasteiger partial charge in [-0.1, -0.05) is 57.5 Å². The van der Waals surface area contributed by atoms with Gasteiger partial charge in [0, 0.05) is 0 Å². The minimum Gasteiger partial charge on any atom is -0.459 e. The first-order valence-electron chi connectivity index (χ1n) is 7.73. The highest BCUT2D eigenvalue weighted by atomic mass is 16.5. The molecule has 1 rings (SSSR count). The summed E-state index contributed by atoms with van der Waals surface area (Å²) in [5, 5.41) is 3.31. The molecule has 118 valence electrons. The van der Waals surface area contributed by atoms with Crippen molar-refractivity contribution in [3.8, 4) is 0 Å². The van der Waals surface area contributed by atoms with Gasteiger partial charge in [0.25, 0.3) is 0 Å². The molecule has 21 heavy (non-hydrogen) atoms. The van der Waals surface area contributed by atoms with Crippen LogP contribution in [0.5, 0.6) is 0 Å². The Morgan fingerprint density at radius 2 is 1.76 bits per heavy atom. The molecule has 0 fully saturated rings. The number of hydrogen-bond donors (Lipinski definition) is 1. The molecule has 3 heteroatoms. The van der Waals surface area contributed by atoms with Gasteiger partial charge in [-0.25, -0.2) is 0 Å². The summed E-state index contributed by atoms with van der Waals surface area (Å²) < 4.78 is 5.40. The Morgan fingerprint density at radius 3 is 2.33 bits per heavy atom. The third-order valence-electron chi connectivity index (χ3n) is 4.05. The summed E-state index contributed by atoms with van der Waals surface area (Å²) in [6, 6.07) is 9.75. The van der Waals surface area contributed by atoms with Crippen LogP contribution in [0.2, 0.25) is 0 Å². The molecule has 0 aromatic heterocycles. The van der Waals surface area contributed by atoms with Crippen LogP contribution in [-0.4, -0.2) is 18.1 Å². The lowest BCUT2D eigenvalue weighted by molar-refractivity contribution is -0.151. The predicted molar refractivity (Wildman–Crippen MR) is 87.0 cm³/mol. The Kier molecular flexibility index (Phi) is 6.41. The van der Waals surface area contributed by atoms with E-state index in [0.717, 1.165) is 24.9 Å². The van der Waals surface area contributed by atoms with Crippen molar-refractivity contribution in [1.82, 2.24) is 5.32 Å². The van der Waals surface area contributed by atoms with Gasteiger partial charge < -0.3 is 10.1 Å². The van der Waals surface area contributed by atoms with Gasteiger partial charge in [0.2, 0.25) is 0 Å². The van der Waals surface area contributed by atoms with Crippen LogP contribution >= 0.6 is 0 Å². The van der Waals surface area contributed by atoms with Crippen LogP contribution in [0, 0.1) is 5.41 Å². The first kappa shape index (κ1) is 17.7. The SMILES string of the molecule is CCC(C)(C)CCNC(C)(C)C(=O)OCc1ccccc1. The summed E-state index contributed by atoms with van der Waals surface area (Å²) in [5.41, 5.74) is 0.657. The molecule has 0 heterocycles. The molecule has 0 radical (unpaired) electrons. The Hall–Kier alpha value is -1.35. The molecule has 3 nitrogen and oxygen atoms in total. The maximum absolute atomic E-state index is 12.2. The quantitative estimate of drug-likeness (QED) is 0.738. The lowest BCUT2D eigenvalue weighted by Crippen LogP contribution is -2.48. The second-order valence-corrected chi connectivity index (χ2v) is 6.88. The number of hydrogen-bond acceptors (Lipinski definition) is 3. The summed E-state index contributed by atoms with van der Waals surface area (Å²) in [4.78, 5) is 12.2. The minimum absolute atomic E-state index is 0.208. The van der Waals surface area contributed by atoms with E-state index in [1.807, 2.05) is 44.2 Å². The van der Waals surface area contributed by atoms with E-state index in [-0.39, 0.29) is 5.97 Å². The summed E-state index contributed by atoms with van der Waals surface area (Å²) >= 11 is 0. The second kappa shape index (κ2) is 7.60. The van der Waals surface area contributed by atoms with Crippen molar-refractivity contribution in [2.75, 3.05) is 6.54 Å². The zero-order chi connectivity index (χ0) is 15.9. The maximum atomic E-state index is 12.2. The Balaban J connectivity index is 2.40. The predicted octanol–water partition coefficient (Wildman–Crippen LogP) is 3.92. The molecule has 0 aliphatic carbocycles. The molecule has 0 aliphatic rings. The van der Waals surface area contributed by atoms with Gasteiger partial charge in [0.15, 0.2) is 0 Å². The lowest BCUT2D eigenvalue weighted by Gasteiger charge is -2.28. The number of carbonyl (C=O) groups excluding carboxylic acids is 1. The lowest BCUT2D eigenvalue weighted by atomic mass is 9.86. The molecule has 1 aromatic rings. The number of benzene rings is 1. The normalized spacial score (nSPS) is 12.2. The van der Waals surface area contributed by atoms with Crippen molar-refractivity contribution in [2.24, 2.45) is 5.41 Å². The van der Waals surface area contributed by atoms with Crippen molar-refractivity contribution < 1.29 is 9.53 Å². The molecule has 1 aromatic carbocycles. The summed E-state index contributed by atoms with van der Waals surface area (Å²) in [7, 11) is 0. The first-order valence-corrected chi connectivity index (χ1v) is 7.73. The fourth-order valence-corrected chi connectivity index (χ4v) is 1.87. The zero-order valence-electron chi connectivity index (χ0n) is 14.0. The molecule has 0 aliphatic heterocycles. The Labute approximate surface area is 129 Å². The van der Waals surface area contributed by atoms with Crippen molar-refractivity contribution in [3.05, 3.63) is 35.9 Å². The van der Waals surface area contributed by atoms with Gasteiger partial charge in [-0.2, -0.15) is 0 Å². The van der Waals surface area contributed by atoms with E-state index in [0.29, 0.717) is 12.0 Å². The second-order valence-electron chi connectivity index (χ2n) is 6.88. The van der Waals surface area contributed by atoms with E-state index in [1.165, 1.54) is 0 Å². The highest BCUT2D eigenvalue weighted by molar-refractivity contribution is 5.79. The van der Waals surface area contributed by atoms with Gasteiger partial charge >= 0.3 is 5.97 Å². The molecule has 0 amide bonds. The van der Waals surface area contributed by atoms with E-state index < -0.39 is 5.54 Å². The molecule has 0 saturated heterocycles. The molecular weight excluding hydrogens is 262 g/mol. The van der Waals surface area contributed by atoms with E-state index in [2.05, 4.69) is 26.1 Å². The molecule has 1 N–H and O–H groups in total. The van der Waals surface area contributed by atoms with Crippen LogP contribution in [0.4, 0.5) is 0 Å². The average Bonchev–Trinajstić information content (AvgIpc) is 2.45. The number of esters is 1. The average molecular weight is 291 g/mol. The highest BCUT2D eigenvalue weighted by Gasteiger charge is 2.29. The van der Waals surface area contributed by atoms with E-state index in [9.17, 15) is 4.79 Å². The third-order valence-corrected chi connectivity index (χ3v) is 4.05. The van der Waals surface area contributed by atoms with Crippen LogP contribution in [-0.2, 0) is 16.1 Å². The van der Waals surface area contributed by atoms with Gasteiger partial charge in [-0.15, -0.1) is 0 Å². The molecular formula is C18H29NO2. The van der Waals surface area contributed by atoms with E-state index >= 15 is 0 Å². The van der Waals surface area contributed by atoms with Gasteiger partial charge in [0.05, 0.1) is 0 Å². The number of nitrogens with one attached hydrogen (secondary N) is 1. The van der Waals surface area contributed by atoms with Crippen LogP contribution in [0.3, 0.4) is 0 Å². The van der Waals surface area contributed by atoms with Gasteiger partial charge in [0.1, 0.15) is 12.1 Å². The number of rotatable bonds is 8. The highest BCUT2D eigenvalue weighted by Crippen LogP contribution is 2.23. The summed E-state index contributed by atoms with van der Waals surface area (Å²) in [6.45, 7) is 11.6. The van der Waals surface area contributed by atoms with E-state index in [4.69, 9.17) is 4.74 Å². The van der Waals surface area contributed by atoms with E-state index in [1.54, 1.807) is 0 Å². The molecule has 0 unspecified atom stereocenters. The van der Waals surface area contributed by atoms with Crippen molar-refractivity contribution in [1.29, 1.82) is 0 Å². The van der Waals surface area contributed by atoms with Gasteiger partial charge in [-0.05, 0) is 37.8 Å². The fraction of sp³-hybridized carbons (Fsp3) is 0.611. The number of carbonyl (C=O) groups is 1. The molecule has 0 bridgehead atoms. The summed E-state index contributed by atoms with van der Waals surface area (Å²) in [5.74, 6) is -0.208.